The molecule has 11 heteroatoms. The molecule has 0 radical (unpaired) electrons. The van der Waals surface area contributed by atoms with E-state index in [0.717, 1.165) is 21.3 Å². The minimum absolute atomic E-state index is 0.0191. The number of H-pyrrole nitrogens is 1. The Morgan fingerprint density at radius 1 is 1.29 bits per heavy atom. The summed E-state index contributed by atoms with van der Waals surface area (Å²) in [7, 11) is -2.38. The zero-order valence-electron chi connectivity index (χ0n) is 14.6. The number of aromatic nitrogens is 2. The van der Waals surface area contributed by atoms with Crippen LogP contribution in [0.3, 0.4) is 0 Å². The molecule has 3 aromatic rings. The van der Waals surface area contributed by atoms with Crippen molar-refractivity contribution in [1.82, 2.24) is 19.8 Å². The number of nitrogens with zero attached hydrogens (tertiary/aromatic N) is 2. The van der Waals surface area contributed by atoms with Gasteiger partial charge < -0.3 is 5.32 Å². The average Bonchev–Trinajstić information content (AvgIpc) is 3.30. The molecule has 2 heterocycles. The highest BCUT2D eigenvalue weighted by Gasteiger charge is 2.21. The first-order valence-electron chi connectivity index (χ1n) is 8.08. The first-order valence-corrected chi connectivity index (χ1v) is 10.7. The van der Waals surface area contributed by atoms with Gasteiger partial charge in [-0.2, -0.15) is 9.40 Å². The number of hydrogen-bond donors (Lipinski definition) is 2. The van der Waals surface area contributed by atoms with E-state index in [1.807, 2.05) is 0 Å². The SMILES string of the molecule is CN(CCNC(=O)c1cn[nH]c1-c1ccc(Cl)s1)S(=O)(=O)c1ccc(F)cc1. The second kappa shape index (κ2) is 8.39. The van der Waals surface area contributed by atoms with E-state index in [4.69, 9.17) is 11.6 Å². The van der Waals surface area contributed by atoms with Gasteiger partial charge in [0, 0.05) is 20.1 Å². The third-order valence-electron chi connectivity index (χ3n) is 3.94. The number of amides is 1. The molecule has 0 saturated heterocycles. The topological polar surface area (TPSA) is 95.2 Å². The Kier molecular flexibility index (Phi) is 6.14. The van der Waals surface area contributed by atoms with Crippen LogP contribution in [0, 0.1) is 5.82 Å². The van der Waals surface area contributed by atoms with E-state index in [1.54, 1.807) is 12.1 Å². The molecular weight excluding hydrogens is 427 g/mol. The Labute approximate surface area is 170 Å². The maximum Gasteiger partial charge on any atom is 0.255 e. The largest absolute Gasteiger partial charge is 0.351 e. The third kappa shape index (κ3) is 4.41. The van der Waals surface area contributed by atoms with Gasteiger partial charge in [0.05, 0.1) is 31.6 Å². The number of halogens is 2. The number of aromatic amines is 1. The number of carbonyl (C=O) groups excluding carboxylic acids is 1. The Hall–Kier alpha value is -2.27. The first-order chi connectivity index (χ1) is 13.3. The fraction of sp³-hybridized carbons (Fsp3) is 0.176. The second-order valence-corrected chi connectivity index (χ2v) is 9.56. The van der Waals surface area contributed by atoms with Crippen LogP contribution < -0.4 is 5.32 Å². The predicted octanol–water partition coefficient (Wildman–Crippen LogP) is 2.98. The quantitative estimate of drug-likeness (QED) is 0.588. The Morgan fingerprint density at radius 2 is 2.00 bits per heavy atom. The number of carbonyl (C=O) groups is 1. The monoisotopic (exact) mass is 442 g/mol. The number of sulfonamides is 1. The molecule has 0 aliphatic carbocycles. The highest BCUT2D eigenvalue weighted by Crippen LogP contribution is 2.31. The molecule has 1 aromatic carbocycles. The summed E-state index contributed by atoms with van der Waals surface area (Å²) in [5.41, 5.74) is 0.879. The minimum atomic E-state index is -3.77. The van der Waals surface area contributed by atoms with E-state index in [-0.39, 0.29) is 23.9 Å². The Morgan fingerprint density at radius 3 is 2.64 bits per heavy atom. The zero-order chi connectivity index (χ0) is 20.3. The highest BCUT2D eigenvalue weighted by atomic mass is 35.5. The van der Waals surface area contributed by atoms with Crippen molar-refractivity contribution in [3.8, 4) is 10.6 Å². The van der Waals surface area contributed by atoms with Crippen LogP contribution in [0.2, 0.25) is 4.34 Å². The molecule has 2 N–H and O–H groups in total. The van der Waals surface area contributed by atoms with Crippen molar-refractivity contribution in [1.29, 1.82) is 0 Å². The Balaban J connectivity index is 1.61. The number of likely N-dealkylation sites (N-methyl/N-ethyl adjacent to an activating group) is 1. The molecule has 0 atom stereocenters. The van der Waals surface area contributed by atoms with Gasteiger partial charge in [-0.1, -0.05) is 11.6 Å². The summed E-state index contributed by atoms with van der Waals surface area (Å²) in [4.78, 5) is 13.2. The standard InChI is InChI=1S/C17H16ClFN4O3S2/c1-23(28(25,26)12-4-2-11(19)3-5-12)9-8-20-17(24)13-10-21-22-16(13)14-6-7-15(18)27-14/h2-7,10H,8-9H2,1H3,(H,20,24)(H,21,22). The molecule has 0 bridgehead atoms. The molecule has 0 fully saturated rings. The van der Waals surface area contributed by atoms with Crippen LogP contribution in [-0.4, -0.2) is 49.0 Å². The van der Waals surface area contributed by atoms with E-state index in [9.17, 15) is 17.6 Å². The summed E-state index contributed by atoms with van der Waals surface area (Å²) in [5, 5.41) is 9.34. The smallest absolute Gasteiger partial charge is 0.255 e. The lowest BCUT2D eigenvalue weighted by atomic mass is 10.2. The number of thiophene rings is 1. The van der Waals surface area contributed by atoms with E-state index in [0.29, 0.717) is 15.6 Å². The summed E-state index contributed by atoms with van der Waals surface area (Å²) in [6.45, 7) is 0.134. The van der Waals surface area contributed by atoms with E-state index < -0.39 is 15.8 Å². The maximum absolute atomic E-state index is 13.0. The van der Waals surface area contributed by atoms with Gasteiger partial charge in [0.15, 0.2) is 0 Å². The molecule has 1 amide bonds. The van der Waals surface area contributed by atoms with Crippen molar-refractivity contribution in [2.75, 3.05) is 20.1 Å². The van der Waals surface area contributed by atoms with Crippen molar-refractivity contribution in [2.24, 2.45) is 0 Å². The number of nitrogens with one attached hydrogen (secondary N) is 2. The van der Waals surface area contributed by atoms with Gasteiger partial charge in [0.1, 0.15) is 5.82 Å². The van der Waals surface area contributed by atoms with Crippen LogP contribution in [-0.2, 0) is 10.0 Å². The van der Waals surface area contributed by atoms with Gasteiger partial charge in [-0.15, -0.1) is 11.3 Å². The van der Waals surface area contributed by atoms with Crippen LogP contribution in [0.25, 0.3) is 10.6 Å². The van der Waals surface area contributed by atoms with Gasteiger partial charge in [-0.05, 0) is 36.4 Å². The summed E-state index contributed by atoms with van der Waals surface area (Å²) in [6.07, 6.45) is 1.40. The molecule has 2 aromatic heterocycles. The first kappa shape index (κ1) is 20.5. The molecule has 0 saturated carbocycles. The van der Waals surface area contributed by atoms with Crippen LogP contribution in [0.5, 0.6) is 0 Å². The normalized spacial score (nSPS) is 11.7. The molecule has 148 valence electrons. The van der Waals surface area contributed by atoms with Crippen molar-refractivity contribution in [3.05, 3.63) is 58.3 Å². The van der Waals surface area contributed by atoms with Crippen molar-refractivity contribution in [3.63, 3.8) is 0 Å². The lowest BCUT2D eigenvalue weighted by Crippen LogP contribution is -2.36. The molecule has 0 aliphatic rings. The van der Waals surface area contributed by atoms with Crippen LogP contribution in [0.15, 0.2) is 47.5 Å². The lowest BCUT2D eigenvalue weighted by molar-refractivity contribution is 0.0953. The van der Waals surface area contributed by atoms with Gasteiger partial charge in [-0.3, -0.25) is 9.89 Å². The molecule has 28 heavy (non-hydrogen) atoms. The fourth-order valence-electron chi connectivity index (χ4n) is 2.42. The second-order valence-electron chi connectivity index (χ2n) is 5.80. The highest BCUT2D eigenvalue weighted by molar-refractivity contribution is 7.89. The Bertz CT molecular complexity index is 1080. The molecule has 3 rings (SSSR count). The van der Waals surface area contributed by atoms with Crippen LogP contribution in [0.1, 0.15) is 10.4 Å². The predicted molar refractivity (Wildman–Crippen MR) is 105 cm³/mol. The van der Waals surface area contributed by atoms with E-state index in [2.05, 4.69) is 15.5 Å². The van der Waals surface area contributed by atoms with Crippen LogP contribution in [0.4, 0.5) is 4.39 Å². The number of benzene rings is 1. The molecular formula is C17H16ClFN4O3S2. The maximum atomic E-state index is 13.0. The number of hydrogen-bond acceptors (Lipinski definition) is 5. The molecule has 0 unspecified atom stereocenters. The van der Waals surface area contributed by atoms with Crippen LogP contribution >= 0.6 is 22.9 Å². The zero-order valence-corrected chi connectivity index (χ0v) is 17.0. The molecule has 7 nitrogen and oxygen atoms in total. The van der Waals surface area contributed by atoms with Crippen molar-refractivity contribution in [2.45, 2.75) is 4.90 Å². The van der Waals surface area contributed by atoms with Crippen molar-refractivity contribution >= 4 is 38.9 Å². The fourth-order valence-corrected chi connectivity index (χ4v) is 4.65. The minimum Gasteiger partial charge on any atom is -0.351 e. The average molecular weight is 443 g/mol. The third-order valence-corrected chi connectivity index (χ3v) is 7.06. The number of rotatable bonds is 7. The van der Waals surface area contributed by atoms with Gasteiger partial charge in [-0.25, -0.2) is 12.8 Å². The summed E-state index contributed by atoms with van der Waals surface area (Å²) in [6, 6.07) is 8.06. The lowest BCUT2D eigenvalue weighted by Gasteiger charge is -2.17. The molecule has 0 aliphatic heterocycles. The summed E-state index contributed by atoms with van der Waals surface area (Å²) < 4.78 is 39.6. The summed E-state index contributed by atoms with van der Waals surface area (Å²) >= 11 is 7.24. The van der Waals surface area contributed by atoms with Gasteiger partial charge in [0.25, 0.3) is 5.91 Å². The molecule has 0 spiro atoms. The van der Waals surface area contributed by atoms with E-state index >= 15 is 0 Å². The van der Waals surface area contributed by atoms with Gasteiger partial charge in [0.2, 0.25) is 10.0 Å². The summed E-state index contributed by atoms with van der Waals surface area (Å²) in [5.74, 6) is -0.905. The van der Waals surface area contributed by atoms with E-state index in [1.165, 1.54) is 36.7 Å². The van der Waals surface area contributed by atoms with Gasteiger partial charge >= 0.3 is 0 Å². The van der Waals surface area contributed by atoms with Crippen molar-refractivity contribution < 1.29 is 17.6 Å².